The van der Waals surface area contributed by atoms with E-state index in [2.05, 4.69) is 30.5 Å². The SMILES string of the molecule is COc1cc(C(=O)Nc2nnc(-c3ccncc3)s2)cnc1OC(C)c1ccccn1. The second-order valence-electron chi connectivity index (χ2n) is 6.35. The van der Waals surface area contributed by atoms with E-state index in [-0.39, 0.29) is 17.9 Å². The predicted molar refractivity (Wildman–Crippen MR) is 115 cm³/mol. The third-order valence-corrected chi connectivity index (χ3v) is 5.15. The molecule has 1 N–H and O–H groups in total. The molecule has 1 unspecified atom stereocenters. The molecule has 31 heavy (non-hydrogen) atoms. The summed E-state index contributed by atoms with van der Waals surface area (Å²) >= 11 is 1.26. The molecule has 1 amide bonds. The fourth-order valence-electron chi connectivity index (χ4n) is 2.69. The number of ether oxygens (including phenoxy) is 2. The lowest BCUT2D eigenvalue weighted by molar-refractivity contribution is 0.102. The third-order valence-electron chi connectivity index (χ3n) is 4.27. The molecule has 0 aliphatic heterocycles. The van der Waals surface area contributed by atoms with Gasteiger partial charge in [0.2, 0.25) is 5.13 Å². The minimum absolute atomic E-state index is 0.271. The first-order valence-corrected chi connectivity index (χ1v) is 10.1. The van der Waals surface area contributed by atoms with Gasteiger partial charge >= 0.3 is 0 Å². The van der Waals surface area contributed by atoms with Gasteiger partial charge in [0.15, 0.2) is 5.75 Å². The van der Waals surface area contributed by atoms with E-state index in [9.17, 15) is 4.79 Å². The van der Waals surface area contributed by atoms with Crippen LogP contribution in [0, 0.1) is 0 Å². The van der Waals surface area contributed by atoms with Gasteiger partial charge in [-0.25, -0.2) is 4.98 Å². The minimum atomic E-state index is -0.382. The van der Waals surface area contributed by atoms with Crippen LogP contribution in [0.5, 0.6) is 11.6 Å². The number of rotatable bonds is 7. The van der Waals surface area contributed by atoms with Crippen molar-refractivity contribution in [3.63, 3.8) is 0 Å². The fourth-order valence-corrected chi connectivity index (χ4v) is 3.43. The average molecular weight is 434 g/mol. The van der Waals surface area contributed by atoms with Gasteiger partial charge in [-0.3, -0.25) is 20.1 Å². The highest BCUT2D eigenvalue weighted by molar-refractivity contribution is 7.18. The van der Waals surface area contributed by atoms with E-state index in [4.69, 9.17) is 9.47 Å². The van der Waals surface area contributed by atoms with E-state index in [0.29, 0.717) is 21.5 Å². The number of hydrogen-bond donors (Lipinski definition) is 1. The molecule has 156 valence electrons. The first kappa shape index (κ1) is 20.4. The quantitative estimate of drug-likeness (QED) is 0.468. The molecule has 1 atom stereocenters. The van der Waals surface area contributed by atoms with Crippen molar-refractivity contribution in [2.24, 2.45) is 0 Å². The van der Waals surface area contributed by atoms with Gasteiger partial charge in [-0.2, -0.15) is 0 Å². The second-order valence-corrected chi connectivity index (χ2v) is 7.33. The molecule has 4 rings (SSSR count). The molecule has 9 nitrogen and oxygen atoms in total. The van der Waals surface area contributed by atoms with Crippen LogP contribution in [0.25, 0.3) is 10.6 Å². The lowest BCUT2D eigenvalue weighted by Crippen LogP contribution is -2.13. The molecule has 0 spiro atoms. The molecule has 0 aliphatic rings. The highest BCUT2D eigenvalue weighted by Gasteiger charge is 2.17. The van der Waals surface area contributed by atoms with Gasteiger partial charge in [0.1, 0.15) is 11.1 Å². The zero-order valence-corrected chi connectivity index (χ0v) is 17.5. The van der Waals surface area contributed by atoms with Crippen molar-refractivity contribution in [3.05, 3.63) is 72.4 Å². The van der Waals surface area contributed by atoms with Crippen molar-refractivity contribution >= 4 is 22.4 Å². The van der Waals surface area contributed by atoms with Crippen LogP contribution in [0.15, 0.2) is 61.2 Å². The second kappa shape index (κ2) is 9.26. The minimum Gasteiger partial charge on any atom is -0.491 e. The monoisotopic (exact) mass is 434 g/mol. The number of amides is 1. The van der Waals surface area contributed by atoms with Gasteiger partial charge in [-0.05, 0) is 31.2 Å². The van der Waals surface area contributed by atoms with Crippen molar-refractivity contribution in [2.45, 2.75) is 13.0 Å². The van der Waals surface area contributed by atoms with E-state index < -0.39 is 0 Å². The Hall–Kier alpha value is -3.92. The summed E-state index contributed by atoms with van der Waals surface area (Å²) in [5.41, 5.74) is 1.93. The Morgan fingerprint density at radius 3 is 2.68 bits per heavy atom. The molecule has 4 heterocycles. The van der Waals surface area contributed by atoms with E-state index in [0.717, 1.165) is 11.3 Å². The number of hydrogen-bond acceptors (Lipinski definition) is 9. The highest BCUT2D eigenvalue weighted by Crippen LogP contribution is 2.30. The maximum absolute atomic E-state index is 12.7. The Kier molecular flexibility index (Phi) is 6.08. The van der Waals surface area contributed by atoms with Crippen molar-refractivity contribution in [3.8, 4) is 22.2 Å². The summed E-state index contributed by atoms with van der Waals surface area (Å²) in [4.78, 5) is 25.2. The van der Waals surface area contributed by atoms with Crippen molar-refractivity contribution < 1.29 is 14.3 Å². The van der Waals surface area contributed by atoms with Crippen molar-refractivity contribution in [1.29, 1.82) is 0 Å². The predicted octanol–water partition coefficient (Wildman–Crippen LogP) is 3.79. The largest absolute Gasteiger partial charge is 0.491 e. The Balaban J connectivity index is 1.47. The van der Waals surface area contributed by atoms with Crippen LogP contribution in [0.1, 0.15) is 29.1 Å². The molecular formula is C21H18N6O3S. The lowest BCUT2D eigenvalue weighted by atomic mass is 10.2. The standard InChI is InChI=1S/C21H18N6O3S/c1-13(16-5-3-4-8-23-16)30-19-17(29-2)11-15(12-24-19)18(28)25-21-27-26-20(31-21)14-6-9-22-10-7-14/h3-13H,1-2H3,(H,25,27,28). The smallest absolute Gasteiger partial charge is 0.259 e. The maximum atomic E-state index is 12.7. The molecule has 0 aromatic carbocycles. The number of pyridine rings is 3. The first-order chi connectivity index (χ1) is 15.1. The number of carbonyl (C=O) groups is 1. The van der Waals surface area contributed by atoms with Crippen LogP contribution in [-0.4, -0.2) is 38.2 Å². The zero-order chi connectivity index (χ0) is 21.6. The fraction of sp³-hybridized carbons (Fsp3) is 0.143. The summed E-state index contributed by atoms with van der Waals surface area (Å²) in [6.07, 6.45) is 6.12. The van der Waals surface area contributed by atoms with E-state index >= 15 is 0 Å². The van der Waals surface area contributed by atoms with Gasteiger partial charge in [-0.1, -0.05) is 17.4 Å². The normalized spacial score (nSPS) is 11.5. The summed E-state index contributed by atoms with van der Waals surface area (Å²) in [6, 6.07) is 10.8. The van der Waals surface area contributed by atoms with E-state index in [1.807, 2.05) is 37.3 Å². The Morgan fingerprint density at radius 1 is 1.10 bits per heavy atom. The summed E-state index contributed by atoms with van der Waals surface area (Å²) in [5, 5.41) is 11.9. The van der Waals surface area contributed by atoms with Gasteiger partial charge in [0.25, 0.3) is 11.8 Å². The number of methoxy groups -OCH3 is 1. The number of nitrogens with zero attached hydrogens (tertiary/aromatic N) is 5. The average Bonchev–Trinajstić information content (AvgIpc) is 3.29. The highest BCUT2D eigenvalue weighted by atomic mass is 32.1. The van der Waals surface area contributed by atoms with Crippen LogP contribution in [0.4, 0.5) is 5.13 Å². The summed E-state index contributed by atoms with van der Waals surface area (Å²) in [6.45, 7) is 1.86. The van der Waals surface area contributed by atoms with Gasteiger partial charge < -0.3 is 9.47 Å². The topological polar surface area (TPSA) is 112 Å². The number of anilines is 1. The summed E-state index contributed by atoms with van der Waals surface area (Å²) < 4.78 is 11.2. The zero-order valence-electron chi connectivity index (χ0n) is 16.7. The third kappa shape index (κ3) is 4.81. The van der Waals surface area contributed by atoms with Gasteiger partial charge in [0.05, 0.1) is 18.4 Å². The van der Waals surface area contributed by atoms with Crippen LogP contribution in [0.3, 0.4) is 0 Å². The molecule has 0 saturated heterocycles. The van der Waals surface area contributed by atoms with Gasteiger partial charge in [0, 0.05) is 36.4 Å². The van der Waals surface area contributed by atoms with Crippen LogP contribution in [0.2, 0.25) is 0 Å². The van der Waals surface area contributed by atoms with Crippen molar-refractivity contribution in [1.82, 2.24) is 25.1 Å². The van der Waals surface area contributed by atoms with Crippen LogP contribution in [-0.2, 0) is 0 Å². The van der Waals surface area contributed by atoms with E-state index in [1.54, 1.807) is 24.7 Å². The molecule has 4 aromatic heterocycles. The summed E-state index contributed by atoms with van der Waals surface area (Å²) in [7, 11) is 1.49. The van der Waals surface area contributed by atoms with Crippen molar-refractivity contribution in [2.75, 3.05) is 12.4 Å². The van der Waals surface area contributed by atoms with E-state index in [1.165, 1.54) is 24.6 Å². The lowest BCUT2D eigenvalue weighted by Gasteiger charge is -2.15. The Morgan fingerprint density at radius 2 is 1.94 bits per heavy atom. The molecular weight excluding hydrogens is 416 g/mol. The van der Waals surface area contributed by atoms with Crippen LogP contribution < -0.4 is 14.8 Å². The molecule has 10 heteroatoms. The molecule has 0 aliphatic carbocycles. The molecule has 0 bridgehead atoms. The Bertz CT molecular complexity index is 1170. The first-order valence-electron chi connectivity index (χ1n) is 9.31. The number of carbonyl (C=O) groups excluding carboxylic acids is 1. The Labute approximate surface area is 182 Å². The van der Waals surface area contributed by atoms with Crippen LogP contribution >= 0.6 is 11.3 Å². The molecule has 4 aromatic rings. The molecule has 0 saturated carbocycles. The number of nitrogens with one attached hydrogen (secondary N) is 1. The molecule has 0 fully saturated rings. The number of aromatic nitrogens is 5. The summed E-state index contributed by atoms with van der Waals surface area (Å²) in [5.74, 6) is 0.228. The van der Waals surface area contributed by atoms with Gasteiger partial charge in [-0.15, -0.1) is 10.2 Å². The maximum Gasteiger partial charge on any atom is 0.259 e. The molecule has 0 radical (unpaired) electrons.